The standard InChI is InChI=1S/C12H13BrFNO/c13-12-9(2-1-3-11(12)14)8-15-6-4-10(16)5-7-15/h1-3H,4-8H2. The normalized spacial score (nSPS) is 17.8. The maximum Gasteiger partial charge on any atom is 0.137 e. The summed E-state index contributed by atoms with van der Waals surface area (Å²) in [5, 5.41) is 0. The molecule has 1 heterocycles. The van der Waals surface area contributed by atoms with E-state index in [2.05, 4.69) is 20.8 Å². The van der Waals surface area contributed by atoms with Gasteiger partial charge in [0.05, 0.1) is 4.47 Å². The number of piperidine rings is 1. The largest absolute Gasteiger partial charge is 0.300 e. The van der Waals surface area contributed by atoms with Crippen molar-refractivity contribution in [3.8, 4) is 0 Å². The molecule has 1 aliphatic heterocycles. The Kier molecular flexibility index (Phi) is 3.71. The predicted octanol–water partition coefficient (Wildman–Crippen LogP) is 2.75. The molecule has 0 N–H and O–H groups in total. The zero-order chi connectivity index (χ0) is 11.5. The van der Waals surface area contributed by atoms with E-state index in [4.69, 9.17) is 0 Å². The van der Waals surface area contributed by atoms with E-state index in [1.807, 2.05) is 6.07 Å². The first kappa shape index (κ1) is 11.7. The van der Waals surface area contributed by atoms with Crippen molar-refractivity contribution in [3.63, 3.8) is 0 Å². The summed E-state index contributed by atoms with van der Waals surface area (Å²) >= 11 is 3.25. The number of Topliss-reactive ketones (excluding diaryl/α,β-unsaturated/α-hetero) is 1. The SMILES string of the molecule is O=C1CCN(Cc2cccc(F)c2Br)CC1. The molecular weight excluding hydrogens is 273 g/mol. The summed E-state index contributed by atoms with van der Waals surface area (Å²) in [7, 11) is 0. The van der Waals surface area contributed by atoms with Crippen LogP contribution in [0.15, 0.2) is 22.7 Å². The minimum absolute atomic E-state index is 0.231. The van der Waals surface area contributed by atoms with Gasteiger partial charge < -0.3 is 0 Å². The average Bonchev–Trinajstić information content (AvgIpc) is 2.28. The summed E-state index contributed by atoms with van der Waals surface area (Å²) in [4.78, 5) is 13.3. The summed E-state index contributed by atoms with van der Waals surface area (Å²) in [5.41, 5.74) is 0.939. The molecule has 4 heteroatoms. The van der Waals surface area contributed by atoms with Crippen LogP contribution in [-0.4, -0.2) is 23.8 Å². The Morgan fingerprint density at radius 2 is 2.00 bits per heavy atom. The van der Waals surface area contributed by atoms with Crippen molar-refractivity contribution in [1.82, 2.24) is 4.90 Å². The van der Waals surface area contributed by atoms with Gasteiger partial charge in [-0.05, 0) is 27.6 Å². The van der Waals surface area contributed by atoms with Gasteiger partial charge in [-0.3, -0.25) is 9.69 Å². The Morgan fingerprint density at radius 1 is 1.31 bits per heavy atom. The molecule has 0 amide bonds. The summed E-state index contributed by atoms with van der Waals surface area (Å²) in [6.07, 6.45) is 1.24. The summed E-state index contributed by atoms with van der Waals surface area (Å²) in [5.74, 6) is 0.0974. The monoisotopic (exact) mass is 285 g/mol. The molecule has 2 rings (SSSR count). The van der Waals surface area contributed by atoms with Gasteiger partial charge in [0.1, 0.15) is 11.6 Å². The van der Waals surface area contributed by atoms with Crippen LogP contribution < -0.4 is 0 Å². The quantitative estimate of drug-likeness (QED) is 0.833. The first-order valence-electron chi connectivity index (χ1n) is 5.34. The van der Waals surface area contributed by atoms with Crippen molar-refractivity contribution < 1.29 is 9.18 Å². The van der Waals surface area contributed by atoms with Crippen LogP contribution >= 0.6 is 15.9 Å². The van der Waals surface area contributed by atoms with Crippen LogP contribution in [0.3, 0.4) is 0 Å². The zero-order valence-electron chi connectivity index (χ0n) is 8.88. The first-order chi connectivity index (χ1) is 7.66. The number of benzene rings is 1. The van der Waals surface area contributed by atoms with E-state index < -0.39 is 0 Å². The van der Waals surface area contributed by atoms with Gasteiger partial charge in [-0.1, -0.05) is 12.1 Å². The lowest BCUT2D eigenvalue weighted by Crippen LogP contribution is -2.33. The van der Waals surface area contributed by atoms with Crippen LogP contribution in [-0.2, 0) is 11.3 Å². The van der Waals surface area contributed by atoms with Gasteiger partial charge in [-0.2, -0.15) is 0 Å². The maximum absolute atomic E-state index is 13.3. The van der Waals surface area contributed by atoms with Crippen LogP contribution in [0.4, 0.5) is 4.39 Å². The van der Waals surface area contributed by atoms with E-state index in [-0.39, 0.29) is 5.82 Å². The second-order valence-corrected chi connectivity index (χ2v) is 4.82. The molecule has 0 bridgehead atoms. The number of rotatable bonds is 2. The molecule has 1 saturated heterocycles. The van der Waals surface area contributed by atoms with E-state index in [1.165, 1.54) is 6.07 Å². The molecule has 16 heavy (non-hydrogen) atoms. The van der Waals surface area contributed by atoms with E-state index >= 15 is 0 Å². The van der Waals surface area contributed by atoms with Crippen LogP contribution in [0.5, 0.6) is 0 Å². The topological polar surface area (TPSA) is 20.3 Å². The van der Waals surface area contributed by atoms with Gasteiger partial charge in [0.15, 0.2) is 0 Å². The third-order valence-electron chi connectivity index (χ3n) is 2.84. The Bertz CT molecular complexity index is 398. The lowest BCUT2D eigenvalue weighted by molar-refractivity contribution is -0.121. The minimum atomic E-state index is -0.231. The number of carbonyl (C=O) groups is 1. The number of ketones is 1. The summed E-state index contributed by atoms with van der Waals surface area (Å²) < 4.78 is 13.8. The summed E-state index contributed by atoms with van der Waals surface area (Å²) in [6, 6.07) is 5.06. The molecule has 1 fully saturated rings. The lowest BCUT2D eigenvalue weighted by atomic mass is 10.1. The molecule has 0 saturated carbocycles. The highest BCUT2D eigenvalue weighted by Gasteiger charge is 2.17. The van der Waals surface area contributed by atoms with E-state index in [0.717, 1.165) is 18.7 Å². The van der Waals surface area contributed by atoms with Crippen molar-refractivity contribution in [2.45, 2.75) is 19.4 Å². The maximum atomic E-state index is 13.3. The molecule has 1 aromatic carbocycles. The average molecular weight is 286 g/mol. The Morgan fingerprint density at radius 3 is 2.69 bits per heavy atom. The Balaban J connectivity index is 2.04. The summed E-state index contributed by atoms with van der Waals surface area (Å²) in [6.45, 7) is 2.26. The molecule has 2 nitrogen and oxygen atoms in total. The van der Waals surface area contributed by atoms with Crippen LogP contribution in [0, 0.1) is 5.82 Å². The van der Waals surface area contributed by atoms with Gasteiger partial charge in [0.2, 0.25) is 0 Å². The molecule has 0 atom stereocenters. The first-order valence-corrected chi connectivity index (χ1v) is 6.13. The van der Waals surface area contributed by atoms with Gasteiger partial charge >= 0.3 is 0 Å². The number of halogens is 2. The molecule has 0 spiro atoms. The predicted molar refractivity (Wildman–Crippen MR) is 63.6 cm³/mol. The molecule has 0 unspecified atom stereocenters. The second kappa shape index (κ2) is 5.06. The highest BCUT2D eigenvalue weighted by atomic mass is 79.9. The number of hydrogen-bond donors (Lipinski definition) is 0. The highest BCUT2D eigenvalue weighted by molar-refractivity contribution is 9.10. The molecule has 86 valence electrons. The van der Waals surface area contributed by atoms with Crippen molar-refractivity contribution in [1.29, 1.82) is 0 Å². The number of likely N-dealkylation sites (tertiary alicyclic amines) is 1. The van der Waals surface area contributed by atoms with Crippen molar-refractivity contribution >= 4 is 21.7 Å². The van der Waals surface area contributed by atoms with Crippen LogP contribution in [0.25, 0.3) is 0 Å². The fraction of sp³-hybridized carbons (Fsp3) is 0.417. The molecule has 0 aromatic heterocycles. The number of hydrogen-bond acceptors (Lipinski definition) is 2. The molecular formula is C12H13BrFNO. The van der Waals surface area contributed by atoms with Gasteiger partial charge in [0, 0.05) is 32.5 Å². The second-order valence-electron chi connectivity index (χ2n) is 4.03. The highest BCUT2D eigenvalue weighted by Crippen LogP contribution is 2.22. The molecule has 1 aliphatic rings. The van der Waals surface area contributed by atoms with Crippen LogP contribution in [0.1, 0.15) is 18.4 Å². The smallest absolute Gasteiger partial charge is 0.137 e. The fourth-order valence-electron chi connectivity index (χ4n) is 1.87. The van der Waals surface area contributed by atoms with Gasteiger partial charge in [-0.25, -0.2) is 4.39 Å². The third-order valence-corrected chi connectivity index (χ3v) is 3.73. The van der Waals surface area contributed by atoms with Gasteiger partial charge in [-0.15, -0.1) is 0 Å². The Labute approximate surface area is 103 Å². The van der Waals surface area contributed by atoms with E-state index in [0.29, 0.717) is 29.6 Å². The van der Waals surface area contributed by atoms with Crippen molar-refractivity contribution in [2.75, 3.05) is 13.1 Å². The fourth-order valence-corrected chi connectivity index (χ4v) is 2.26. The van der Waals surface area contributed by atoms with Gasteiger partial charge in [0.25, 0.3) is 0 Å². The minimum Gasteiger partial charge on any atom is -0.300 e. The van der Waals surface area contributed by atoms with E-state index in [1.54, 1.807) is 6.07 Å². The number of nitrogens with zero attached hydrogens (tertiary/aromatic N) is 1. The van der Waals surface area contributed by atoms with Crippen molar-refractivity contribution in [2.24, 2.45) is 0 Å². The van der Waals surface area contributed by atoms with Crippen LogP contribution in [0.2, 0.25) is 0 Å². The Hall–Kier alpha value is -0.740. The number of carbonyl (C=O) groups excluding carboxylic acids is 1. The third kappa shape index (κ3) is 2.68. The molecule has 0 aliphatic carbocycles. The zero-order valence-corrected chi connectivity index (χ0v) is 10.5. The molecule has 0 radical (unpaired) electrons. The molecule has 1 aromatic rings. The van der Waals surface area contributed by atoms with Crippen molar-refractivity contribution in [3.05, 3.63) is 34.1 Å². The van der Waals surface area contributed by atoms with E-state index in [9.17, 15) is 9.18 Å². The lowest BCUT2D eigenvalue weighted by Gasteiger charge is -2.26.